The number of hydrogen-bond donors (Lipinski definition) is 2. The molecule has 1 aromatic rings. The molecule has 106 valence electrons. The van der Waals surface area contributed by atoms with Gasteiger partial charge >= 0.3 is 0 Å². The maximum absolute atomic E-state index is 11.7. The van der Waals surface area contributed by atoms with Crippen LogP contribution in [0.15, 0.2) is 4.79 Å². The lowest BCUT2D eigenvalue weighted by molar-refractivity contribution is 0.139. The Balaban J connectivity index is 1.91. The van der Waals surface area contributed by atoms with Crippen molar-refractivity contribution >= 4 is 0 Å². The molecule has 0 aromatic carbocycles. The van der Waals surface area contributed by atoms with Crippen molar-refractivity contribution in [3.8, 4) is 11.9 Å². The van der Waals surface area contributed by atoms with Gasteiger partial charge in [0.25, 0.3) is 5.56 Å². The minimum absolute atomic E-state index is 0.0653. The van der Waals surface area contributed by atoms with E-state index in [1.807, 2.05) is 6.07 Å². The monoisotopic (exact) mass is 273 g/mol. The number of nitrogens with one attached hydrogen (secondary N) is 1. The van der Waals surface area contributed by atoms with Crippen LogP contribution in [-0.2, 0) is 13.0 Å². The zero-order chi connectivity index (χ0) is 14.1. The molecule has 2 N–H and O–H groups in total. The molecule has 0 radical (unpaired) electrons. The predicted octanol–water partition coefficient (Wildman–Crippen LogP) is 1.64. The van der Waals surface area contributed by atoms with E-state index in [4.69, 9.17) is 5.26 Å². The fourth-order valence-electron chi connectivity index (χ4n) is 3.54. The van der Waals surface area contributed by atoms with Gasteiger partial charge in [0.05, 0.1) is 0 Å². The Kier molecular flexibility index (Phi) is 3.49. The number of aromatic nitrogens is 1. The number of H-pyrrole nitrogens is 1. The third-order valence-electron chi connectivity index (χ3n) is 4.62. The van der Waals surface area contributed by atoms with Crippen LogP contribution in [0.3, 0.4) is 0 Å². The highest BCUT2D eigenvalue weighted by Crippen LogP contribution is 2.31. The van der Waals surface area contributed by atoms with Crippen LogP contribution in [0.25, 0.3) is 0 Å². The van der Waals surface area contributed by atoms with Crippen molar-refractivity contribution in [2.75, 3.05) is 6.54 Å². The molecule has 0 amide bonds. The van der Waals surface area contributed by atoms with Gasteiger partial charge in [-0.3, -0.25) is 14.7 Å². The van der Waals surface area contributed by atoms with Gasteiger partial charge in [0.1, 0.15) is 11.6 Å². The summed E-state index contributed by atoms with van der Waals surface area (Å²) in [4.78, 5) is 16.5. The van der Waals surface area contributed by atoms with Gasteiger partial charge in [0.15, 0.2) is 5.88 Å². The second-order valence-electron chi connectivity index (χ2n) is 5.76. The largest absolute Gasteiger partial charge is 0.494 e. The maximum atomic E-state index is 11.7. The van der Waals surface area contributed by atoms with Crippen LogP contribution in [0.5, 0.6) is 5.88 Å². The van der Waals surface area contributed by atoms with Gasteiger partial charge < -0.3 is 5.11 Å². The Bertz CT molecular complexity index is 609. The molecular weight excluding hydrogens is 254 g/mol. The lowest BCUT2D eigenvalue weighted by Gasteiger charge is -2.37. The normalized spacial score (nSPS) is 20.4. The molecule has 1 aliphatic carbocycles. The van der Waals surface area contributed by atoms with Gasteiger partial charge in [-0.25, -0.2) is 0 Å². The average molecular weight is 273 g/mol. The molecule has 5 heteroatoms. The Morgan fingerprint density at radius 2 is 2.00 bits per heavy atom. The number of hydrogen-bond acceptors (Lipinski definition) is 4. The summed E-state index contributed by atoms with van der Waals surface area (Å²) in [6, 6.07) is 2.55. The van der Waals surface area contributed by atoms with E-state index in [2.05, 4.69) is 9.88 Å². The zero-order valence-corrected chi connectivity index (χ0v) is 11.5. The molecule has 1 fully saturated rings. The smallest absolute Gasteiger partial charge is 0.268 e. The maximum Gasteiger partial charge on any atom is 0.268 e. The van der Waals surface area contributed by atoms with Gasteiger partial charge in [0, 0.05) is 24.7 Å². The van der Waals surface area contributed by atoms with Crippen LogP contribution in [-0.4, -0.2) is 27.6 Å². The number of pyridine rings is 1. The standard InChI is InChI=1S/C15H19N3O2/c16-8-12-11-6-7-18(10-4-2-1-3-5-10)9-13(11)15(20)17-14(12)19/h10H,1-7,9H2,(H2,17,19,20). The van der Waals surface area contributed by atoms with E-state index in [0.717, 1.165) is 17.7 Å². The summed E-state index contributed by atoms with van der Waals surface area (Å²) >= 11 is 0. The summed E-state index contributed by atoms with van der Waals surface area (Å²) in [6.07, 6.45) is 6.96. The van der Waals surface area contributed by atoms with Crippen molar-refractivity contribution in [1.82, 2.24) is 9.88 Å². The highest BCUT2D eigenvalue weighted by molar-refractivity contribution is 5.46. The molecule has 0 saturated heterocycles. The summed E-state index contributed by atoms with van der Waals surface area (Å²) in [6.45, 7) is 1.51. The fourth-order valence-corrected chi connectivity index (χ4v) is 3.54. The molecule has 3 rings (SSSR count). The number of aromatic hydroxyl groups is 1. The molecule has 20 heavy (non-hydrogen) atoms. The molecular formula is C15H19N3O2. The van der Waals surface area contributed by atoms with Crippen molar-refractivity contribution < 1.29 is 5.11 Å². The summed E-state index contributed by atoms with van der Waals surface area (Å²) in [5, 5.41) is 19.1. The molecule has 1 saturated carbocycles. The Morgan fingerprint density at radius 3 is 2.70 bits per heavy atom. The van der Waals surface area contributed by atoms with Gasteiger partial charge in [-0.15, -0.1) is 0 Å². The zero-order valence-electron chi connectivity index (χ0n) is 11.5. The predicted molar refractivity (Wildman–Crippen MR) is 74.4 cm³/mol. The molecule has 0 atom stereocenters. The molecule has 1 aromatic heterocycles. The van der Waals surface area contributed by atoms with Crippen molar-refractivity contribution in [2.45, 2.75) is 51.1 Å². The second kappa shape index (κ2) is 5.29. The first-order valence-electron chi connectivity index (χ1n) is 7.32. The van der Waals surface area contributed by atoms with E-state index < -0.39 is 5.56 Å². The topological polar surface area (TPSA) is 80.1 Å². The number of nitriles is 1. The van der Waals surface area contributed by atoms with Crippen LogP contribution in [0.2, 0.25) is 0 Å². The van der Waals surface area contributed by atoms with Crippen LogP contribution in [0, 0.1) is 11.3 Å². The lowest BCUT2D eigenvalue weighted by atomic mass is 9.90. The molecule has 0 spiro atoms. The Hall–Kier alpha value is -1.80. The van der Waals surface area contributed by atoms with Crippen LogP contribution >= 0.6 is 0 Å². The molecule has 0 unspecified atom stereocenters. The highest BCUT2D eigenvalue weighted by Gasteiger charge is 2.29. The Labute approximate surface area is 117 Å². The molecule has 5 nitrogen and oxygen atoms in total. The van der Waals surface area contributed by atoms with Gasteiger partial charge in [-0.1, -0.05) is 19.3 Å². The van der Waals surface area contributed by atoms with E-state index in [-0.39, 0.29) is 11.4 Å². The third-order valence-corrected chi connectivity index (χ3v) is 4.62. The van der Waals surface area contributed by atoms with Crippen LogP contribution in [0.4, 0.5) is 0 Å². The number of rotatable bonds is 1. The van der Waals surface area contributed by atoms with Crippen molar-refractivity contribution in [3.63, 3.8) is 0 Å². The first kappa shape index (κ1) is 13.2. The molecule has 0 bridgehead atoms. The number of fused-ring (bicyclic) bond motifs is 1. The van der Waals surface area contributed by atoms with Crippen LogP contribution in [0.1, 0.15) is 48.8 Å². The molecule has 2 heterocycles. The Morgan fingerprint density at radius 1 is 1.25 bits per heavy atom. The number of nitrogens with zero attached hydrogens (tertiary/aromatic N) is 2. The summed E-state index contributed by atoms with van der Waals surface area (Å²) in [5.41, 5.74) is 1.16. The minimum Gasteiger partial charge on any atom is -0.494 e. The SMILES string of the molecule is N#Cc1c2c(c(O)[nH]c1=O)CN(C1CCCCC1)CC2. The van der Waals surface area contributed by atoms with Gasteiger partial charge in [0.2, 0.25) is 0 Å². The van der Waals surface area contributed by atoms with Gasteiger partial charge in [-0.2, -0.15) is 5.26 Å². The van der Waals surface area contributed by atoms with E-state index in [1.165, 1.54) is 32.1 Å². The fraction of sp³-hybridized carbons (Fsp3) is 0.600. The van der Waals surface area contributed by atoms with Crippen LogP contribution < -0.4 is 5.56 Å². The van der Waals surface area contributed by atoms with E-state index in [1.54, 1.807) is 0 Å². The van der Waals surface area contributed by atoms with E-state index >= 15 is 0 Å². The third kappa shape index (κ3) is 2.20. The van der Waals surface area contributed by atoms with E-state index in [9.17, 15) is 9.90 Å². The van der Waals surface area contributed by atoms with E-state index in [0.29, 0.717) is 19.0 Å². The summed E-state index contributed by atoms with van der Waals surface area (Å²) < 4.78 is 0. The summed E-state index contributed by atoms with van der Waals surface area (Å²) in [5.74, 6) is -0.0653. The van der Waals surface area contributed by atoms with Crippen molar-refractivity contribution in [3.05, 3.63) is 27.0 Å². The second-order valence-corrected chi connectivity index (χ2v) is 5.76. The van der Waals surface area contributed by atoms with Crippen molar-refractivity contribution in [2.24, 2.45) is 0 Å². The minimum atomic E-state index is -0.477. The first-order chi connectivity index (χ1) is 9.70. The quantitative estimate of drug-likeness (QED) is 0.815. The first-order valence-corrected chi connectivity index (χ1v) is 7.32. The van der Waals surface area contributed by atoms with Crippen molar-refractivity contribution in [1.29, 1.82) is 5.26 Å². The lowest BCUT2D eigenvalue weighted by Crippen LogP contribution is -2.41. The number of aromatic amines is 1. The van der Waals surface area contributed by atoms with Gasteiger partial charge in [-0.05, 0) is 24.8 Å². The summed E-state index contributed by atoms with van der Waals surface area (Å²) in [7, 11) is 0. The average Bonchev–Trinajstić information content (AvgIpc) is 2.48. The molecule has 1 aliphatic heterocycles. The molecule has 2 aliphatic rings. The highest BCUT2D eigenvalue weighted by atomic mass is 16.3.